The number of amides is 1. The first-order valence-corrected chi connectivity index (χ1v) is 10.6. The zero-order chi connectivity index (χ0) is 21.6. The van der Waals surface area contributed by atoms with Crippen LogP contribution in [0.2, 0.25) is 0 Å². The summed E-state index contributed by atoms with van der Waals surface area (Å²) in [5, 5.41) is 2.94. The SMILES string of the molecule is CCCCOc1ccc(CNC(=O)CCCOc2ccccc2OCC)cc1OC. The zero-order valence-electron chi connectivity index (χ0n) is 18.2. The van der Waals surface area contributed by atoms with Crippen LogP contribution in [0.15, 0.2) is 42.5 Å². The summed E-state index contributed by atoms with van der Waals surface area (Å²) < 4.78 is 22.4. The Balaban J connectivity index is 1.73. The molecule has 6 heteroatoms. The minimum Gasteiger partial charge on any atom is -0.493 e. The fourth-order valence-corrected chi connectivity index (χ4v) is 2.82. The molecule has 0 aliphatic rings. The lowest BCUT2D eigenvalue weighted by molar-refractivity contribution is -0.121. The van der Waals surface area contributed by atoms with Gasteiger partial charge in [-0.3, -0.25) is 4.79 Å². The molecule has 164 valence electrons. The summed E-state index contributed by atoms with van der Waals surface area (Å²) in [6.45, 7) is 6.20. The number of carbonyl (C=O) groups is 1. The molecule has 2 rings (SSSR count). The molecular formula is C24H33NO5. The summed E-state index contributed by atoms with van der Waals surface area (Å²) in [7, 11) is 1.62. The molecule has 0 aliphatic carbocycles. The van der Waals surface area contributed by atoms with Crippen LogP contribution in [0.1, 0.15) is 45.1 Å². The average molecular weight is 416 g/mol. The predicted molar refractivity (Wildman–Crippen MR) is 118 cm³/mol. The molecule has 0 fully saturated rings. The first kappa shape index (κ1) is 23.4. The maximum atomic E-state index is 12.1. The highest BCUT2D eigenvalue weighted by Gasteiger charge is 2.08. The topological polar surface area (TPSA) is 66.0 Å². The van der Waals surface area contributed by atoms with Gasteiger partial charge in [-0.05, 0) is 49.6 Å². The quantitative estimate of drug-likeness (QED) is 0.451. The van der Waals surface area contributed by atoms with Gasteiger partial charge in [0.2, 0.25) is 5.91 Å². The lowest BCUT2D eigenvalue weighted by atomic mass is 10.2. The van der Waals surface area contributed by atoms with Crippen LogP contribution in [-0.2, 0) is 11.3 Å². The summed E-state index contributed by atoms with van der Waals surface area (Å²) in [5.74, 6) is 2.82. The second-order valence-electron chi connectivity index (χ2n) is 6.80. The van der Waals surface area contributed by atoms with E-state index in [1.165, 1.54) is 0 Å². The van der Waals surface area contributed by atoms with E-state index in [1.807, 2.05) is 49.4 Å². The van der Waals surface area contributed by atoms with Crippen molar-refractivity contribution < 1.29 is 23.7 Å². The van der Waals surface area contributed by atoms with Gasteiger partial charge in [0.1, 0.15) is 0 Å². The van der Waals surface area contributed by atoms with Crippen LogP contribution >= 0.6 is 0 Å². The second kappa shape index (κ2) is 13.4. The number of rotatable bonds is 14. The molecule has 30 heavy (non-hydrogen) atoms. The monoisotopic (exact) mass is 415 g/mol. The van der Waals surface area contributed by atoms with E-state index >= 15 is 0 Å². The first-order chi connectivity index (χ1) is 14.7. The normalized spacial score (nSPS) is 10.4. The number of ether oxygens (including phenoxy) is 4. The van der Waals surface area contributed by atoms with Crippen LogP contribution in [0.4, 0.5) is 0 Å². The van der Waals surface area contributed by atoms with Crippen molar-refractivity contribution in [2.45, 2.75) is 46.1 Å². The lowest BCUT2D eigenvalue weighted by Crippen LogP contribution is -2.23. The number of carbonyl (C=O) groups excluding carboxylic acids is 1. The summed E-state index contributed by atoms with van der Waals surface area (Å²) >= 11 is 0. The van der Waals surface area contributed by atoms with E-state index in [4.69, 9.17) is 18.9 Å². The fraction of sp³-hybridized carbons (Fsp3) is 0.458. The summed E-state index contributed by atoms with van der Waals surface area (Å²) in [4.78, 5) is 12.1. The van der Waals surface area contributed by atoms with E-state index in [0.29, 0.717) is 50.7 Å². The Kier molecular flexibility index (Phi) is 10.4. The molecule has 0 spiro atoms. The third-order valence-corrected chi connectivity index (χ3v) is 4.43. The molecule has 0 saturated carbocycles. The van der Waals surface area contributed by atoms with Crippen molar-refractivity contribution in [3.05, 3.63) is 48.0 Å². The van der Waals surface area contributed by atoms with E-state index in [-0.39, 0.29) is 5.91 Å². The molecule has 0 heterocycles. The highest BCUT2D eigenvalue weighted by Crippen LogP contribution is 2.28. The molecule has 1 amide bonds. The van der Waals surface area contributed by atoms with Crippen LogP contribution in [-0.4, -0.2) is 32.8 Å². The molecule has 0 aromatic heterocycles. The third-order valence-electron chi connectivity index (χ3n) is 4.43. The number of unbranched alkanes of at least 4 members (excludes halogenated alkanes) is 1. The Labute approximate surface area is 179 Å². The minimum atomic E-state index is -0.0149. The molecule has 0 radical (unpaired) electrons. The summed E-state index contributed by atoms with van der Waals surface area (Å²) in [6, 6.07) is 13.3. The van der Waals surface area contributed by atoms with Gasteiger partial charge < -0.3 is 24.3 Å². The molecule has 6 nitrogen and oxygen atoms in total. The highest BCUT2D eigenvalue weighted by molar-refractivity contribution is 5.75. The molecule has 0 saturated heterocycles. The van der Waals surface area contributed by atoms with Crippen molar-refractivity contribution >= 4 is 5.91 Å². The van der Waals surface area contributed by atoms with Gasteiger partial charge in [-0.15, -0.1) is 0 Å². The predicted octanol–water partition coefficient (Wildman–Crippen LogP) is 4.75. The van der Waals surface area contributed by atoms with Crippen molar-refractivity contribution in [1.82, 2.24) is 5.32 Å². The molecule has 0 aliphatic heterocycles. The number of hydrogen-bond acceptors (Lipinski definition) is 5. The Bertz CT molecular complexity index is 778. The maximum Gasteiger partial charge on any atom is 0.220 e. The fourth-order valence-electron chi connectivity index (χ4n) is 2.82. The van der Waals surface area contributed by atoms with Gasteiger partial charge in [0.05, 0.1) is 26.9 Å². The van der Waals surface area contributed by atoms with Crippen molar-refractivity contribution in [3.63, 3.8) is 0 Å². The lowest BCUT2D eigenvalue weighted by Gasteiger charge is -2.13. The van der Waals surface area contributed by atoms with Crippen LogP contribution in [0, 0.1) is 0 Å². The summed E-state index contributed by atoms with van der Waals surface area (Å²) in [5.41, 5.74) is 0.963. The van der Waals surface area contributed by atoms with Crippen molar-refractivity contribution in [3.8, 4) is 23.0 Å². The Hall–Kier alpha value is -2.89. The van der Waals surface area contributed by atoms with Crippen LogP contribution < -0.4 is 24.3 Å². The van der Waals surface area contributed by atoms with Gasteiger partial charge in [0, 0.05) is 13.0 Å². The zero-order valence-corrected chi connectivity index (χ0v) is 18.2. The summed E-state index contributed by atoms with van der Waals surface area (Å²) in [6.07, 6.45) is 3.10. The molecule has 1 N–H and O–H groups in total. The third kappa shape index (κ3) is 7.85. The number of methoxy groups -OCH3 is 1. The number of nitrogens with one attached hydrogen (secondary N) is 1. The van der Waals surface area contributed by atoms with Crippen LogP contribution in [0.5, 0.6) is 23.0 Å². The molecule has 0 atom stereocenters. The van der Waals surface area contributed by atoms with Gasteiger partial charge in [-0.2, -0.15) is 0 Å². The first-order valence-electron chi connectivity index (χ1n) is 10.6. The minimum absolute atomic E-state index is 0.0149. The van der Waals surface area contributed by atoms with Crippen molar-refractivity contribution in [2.24, 2.45) is 0 Å². The Morgan fingerprint density at radius 2 is 1.53 bits per heavy atom. The van der Waals surface area contributed by atoms with Crippen molar-refractivity contribution in [1.29, 1.82) is 0 Å². The van der Waals surface area contributed by atoms with E-state index in [9.17, 15) is 4.79 Å². The van der Waals surface area contributed by atoms with Gasteiger partial charge in [-0.25, -0.2) is 0 Å². The Morgan fingerprint density at radius 3 is 2.20 bits per heavy atom. The van der Waals surface area contributed by atoms with Crippen LogP contribution in [0.25, 0.3) is 0 Å². The van der Waals surface area contributed by atoms with E-state index in [1.54, 1.807) is 7.11 Å². The van der Waals surface area contributed by atoms with E-state index in [2.05, 4.69) is 12.2 Å². The molecule has 0 unspecified atom stereocenters. The molecular weight excluding hydrogens is 382 g/mol. The standard InChI is InChI=1S/C24H33NO5/c1-4-6-15-29-22-14-13-19(17-23(22)27-3)18-25-24(26)12-9-16-30-21-11-8-7-10-20(21)28-5-2/h7-8,10-11,13-14,17H,4-6,9,12,15-16,18H2,1-3H3,(H,25,26). The van der Waals surface area contributed by atoms with E-state index in [0.717, 1.165) is 29.9 Å². The number of hydrogen-bond donors (Lipinski definition) is 1. The van der Waals surface area contributed by atoms with Gasteiger partial charge >= 0.3 is 0 Å². The van der Waals surface area contributed by atoms with Gasteiger partial charge in [-0.1, -0.05) is 31.5 Å². The smallest absolute Gasteiger partial charge is 0.220 e. The van der Waals surface area contributed by atoms with Crippen LogP contribution in [0.3, 0.4) is 0 Å². The second-order valence-corrected chi connectivity index (χ2v) is 6.80. The number of para-hydroxylation sites is 2. The highest BCUT2D eigenvalue weighted by atomic mass is 16.5. The maximum absolute atomic E-state index is 12.1. The van der Waals surface area contributed by atoms with Crippen molar-refractivity contribution in [2.75, 3.05) is 26.9 Å². The average Bonchev–Trinajstić information content (AvgIpc) is 2.77. The van der Waals surface area contributed by atoms with Gasteiger partial charge in [0.25, 0.3) is 0 Å². The molecule has 0 bridgehead atoms. The Morgan fingerprint density at radius 1 is 0.867 bits per heavy atom. The molecule has 2 aromatic carbocycles. The largest absolute Gasteiger partial charge is 0.493 e. The number of benzene rings is 2. The van der Waals surface area contributed by atoms with E-state index < -0.39 is 0 Å². The molecule has 2 aromatic rings. The van der Waals surface area contributed by atoms with Gasteiger partial charge in [0.15, 0.2) is 23.0 Å².